The second-order valence-electron chi connectivity index (χ2n) is 6.47. The largest absolute Gasteiger partial charge is 0.379 e. The molecule has 2 heterocycles. The van der Waals surface area contributed by atoms with E-state index in [1.54, 1.807) is 11.8 Å². The lowest BCUT2D eigenvalue weighted by atomic mass is 10.2. The fourth-order valence-electron chi connectivity index (χ4n) is 3.11. The van der Waals surface area contributed by atoms with Crippen LogP contribution < -0.4 is 0 Å². The number of rotatable bonds is 6. The Hall–Kier alpha value is -2.21. The topological polar surface area (TPSA) is 38.2 Å². The molecule has 4 rings (SSSR count). The molecule has 4 nitrogen and oxygen atoms in total. The average Bonchev–Trinajstić information content (AvgIpc) is 2.72. The highest BCUT2D eigenvalue weighted by molar-refractivity contribution is 7.99. The van der Waals surface area contributed by atoms with E-state index in [0.29, 0.717) is 0 Å². The zero-order valence-corrected chi connectivity index (χ0v) is 16.1. The van der Waals surface area contributed by atoms with E-state index in [1.165, 1.54) is 5.56 Å². The summed E-state index contributed by atoms with van der Waals surface area (Å²) in [5.41, 5.74) is 2.24. The zero-order chi connectivity index (χ0) is 18.3. The van der Waals surface area contributed by atoms with Crippen molar-refractivity contribution in [1.82, 2.24) is 14.9 Å². The lowest BCUT2D eigenvalue weighted by molar-refractivity contribution is 0.0330. The van der Waals surface area contributed by atoms with Crippen LogP contribution in [0.3, 0.4) is 0 Å². The fraction of sp³-hybridized carbons (Fsp3) is 0.273. The molecule has 0 bridgehead atoms. The van der Waals surface area contributed by atoms with Crippen LogP contribution in [0.4, 0.5) is 0 Å². The van der Waals surface area contributed by atoms with E-state index < -0.39 is 0 Å². The van der Waals surface area contributed by atoms with Gasteiger partial charge in [-0.25, -0.2) is 9.97 Å². The van der Waals surface area contributed by atoms with Gasteiger partial charge in [-0.2, -0.15) is 0 Å². The van der Waals surface area contributed by atoms with Gasteiger partial charge in [-0.05, 0) is 11.6 Å². The molecule has 3 aromatic rings. The van der Waals surface area contributed by atoms with Gasteiger partial charge in [-0.3, -0.25) is 4.90 Å². The molecule has 1 fully saturated rings. The lowest BCUT2D eigenvalue weighted by Gasteiger charge is -2.25. The van der Waals surface area contributed by atoms with Gasteiger partial charge in [-0.15, -0.1) is 11.8 Å². The summed E-state index contributed by atoms with van der Waals surface area (Å²) in [5, 5.41) is 2.18. The molecular formula is C22H23N3OS. The van der Waals surface area contributed by atoms with Crippen molar-refractivity contribution in [2.24, 2.45) is 0 Å². The van der Waals surface area contributed by atoms with E-state index in [4.69, 9.17) is 14.7 Å². The zero-order valence-electron chi connectivity index (χ0n) is 15.3. The van der Waals surface area contributed by atoms with Crippen molar-refractivity contribution in [3.8, 4) is 0 Å². The number of nitrogens with zero attached hydrogens (tertiary/aromatic N) is 3. The lowest BCUT2D eigenvalue weighted by Crippen LogP contribution is -2.36. The van der Waals surface area contributed by atoms with Crippen LogP contribution in [0.1, 0.15) is 11.4 Å². The van der Waals surface area contributed by atoms with Crippen molar-refractivity contribution < 1.29 is 4.74 Å². The molecule has 0 unspecified atom stereocenters. The first kappa shape index (κ1) is 18.2. The molecule has 1 aliphatic heterocycles. The number of thioether (sulfide) groups is 1. The second-order valence-corrected chi connectivity index (χ2v) is 7.48. The quantitative estimate of drug-likeness (QED) is 0.474. The van der Waals surface area contributed by atoms with Crippen LogP contribution in [0.5, 0.6) is 0 Å². The van der Waals surface area contributed by atoms with E-state index in [-0.39, 0.29) is 0 Å². The van der Waals surface area contributed by atoms with Gasteiger partial charge >= 0.3 is 0 Å². The minimum Gasteiger partial charge on any atom is -0.379 e. The fourth-order valence-corrected chi connectivity index (χ4v) is 3.96. The van der Waals surface area contributed by atoms with Gasteiger partial charge < -0.3 is 4.74 Å². The third-order valence-corrected chi connectivity index (χ3v) is 5.45. The number of para-hydroxylation sites is 1. The SMILES string of the molecule is C(=Cc1ccccc1)CSc1nc(CN2CCOCC2)nc2ccccc12. The van der Waals surface area contributed by atoms with E-state index in [0.717, 1.165) is 60.4 Å². The first-order valence-corrected chi connectivity index (χ1v) is 10.3. The smallest absolute Gasteiger partial charge is 0.144 e. The van der Waals surface area contributed by atoms with Crippen molar-refractivity contribution >= 4 is 28.7 Å². The minimum absolute atomic E-state index is 0.779. The molecule has 0 spiro atoms. The summed E-state index contributed by atoms with van der Waals surface area (Å²) in [6.07, 6.45) is 4.35. The number of aromatic nitrogens is 2. The Kier molecular flexibility index (Phi) is 6.14. The van der Waals surface area contributed by atoms with Gasteiger partial charge in [0.2, 0.25) is 0 Å². The molecule has 5 heteroatoms. The maximum absolute atomic E-state index is 5.44. The van der Waals surface area contributed by atoms with E-state index in [1.807, 2.05) is 12.1 Å². The Morgan fingerprint density at radius 2 is 1.74 bits per heavy atom. The summed E-state index contributed by atoms with van der Waals surface area (Å²) >= 11 is 1.76. The highest BCUT2D eigenvalue weighted by Crippen LogP contribution is 2.26. The number of ether oxygens (including phenoxy) is 1. The van der Waals surface area contributed by atoms with Crippen LogP contribution >= 0.6 is 11.8 Å². The van der Waals surface area contributed by atoms with Gasteiger partial charge in [0.15, 0.2) is 0 Å². The van der Waals surface area contributed by atoms with E-state index in [9.17, 15) is 0 Å². The molecule has 1 aliphatic rings. The molecular weight excluding hydrogens is 354 g/mol. The Morgan fingerprint density at radius 1 is 0.963 bits per heavy atom. The highest BCUT2D eigenvalue weighted by Gasteiger charge is 2.14. The summed E-state index contributed by atoms with van der Waals surface area (Å²) in [5.74, 6) is 1.78. The normalized spacial score (nSPS) is 15.6. The van der Waals surface area contributed by atoms with Gasteiger partial charge in [0.05, 0.1) is 25.3 Å². The third-order valence-electron chi connectivity index (χ3n) is 4.51. The number of benzene rings is 2. The number of morpholine rings is 1. The van der Waals surface area contributed by atoms with Crippen LogP contribution in [0.15, 0.2) is 65.7 Å². The van der Waals surface area contributed by atoms with E-state index >= 15 is 0 Å². The first-order valence-electron chi connectivity index (χ1n) is 9.29. The van der Waals surface area contributed by atoms with Crippen LogP contribution in [0, 0.1) is 0 Å². The highest BCUT2D eigenvalue weighted by atomic mass is 32.2. The van der Waals surface area contributed by atoms with Crippen LogP contribution in [-0.2, 0) is 11.3 Å². The Labute approximate surface area is 164 Å². The summed E-state index contributed by atoms with van der Waals surface area (Å²) < 4.78 is 5.44. The van der Waals surface area contributed by atoms with Crippen LogP contribution in [0.2, 0.25) is 0 Å². The molecule has 1 aromatic heterocycles. The van der Waals surface area contributed by atoms with Gasteiger partial charge in [0.25, 0.3) is 0 Å². The standard InChI is InChI=1S/C22H23N3OS/c1-2-7-18(8-3-1)9-6-16-27-22-19-10-4-5-11-20(19)23-21(24-22)17-25-12-14-26-15-13-25/h1-11H,12-17H2. The maximum Gasteiger partial charge on any atom is 0.144 e. The van der Waals surface area contributed by atoms with Gasteiger partial charge in [-0.1, -0.05) is 60.7 Å². The van der Waals surface area contributed by atoms with Crippen molar-refractivity contribution in [2.45, 2.75) is 11.6 Å². The molecule has 0 N–H and O–H groups in total. The molecule has 0 atom stereocenters. The first-order chi connectivity index (χ1) is 13.4. The third kappa shape index (κ3) is 4.95. The number of fused-ring (bicyclic) bond motifs is 1. The average molecular weight is 378 g/mol. The molecule has 138 valence electrons. The van der Waals surface area contributed by atoms with Crippen molar-refractivity contribution in [2.75, 3.05) is 32.1 Å². The predicted molar refractivity (Wildman–Crippen MR) is 112 cm³/mol. The van der Waals surface area contributed by atoms with E-state index in [2.05, 4.69) is 59.5 Å². The molecule has 0 radical (unpaired) electrons. The summed E-state index contributed by atoms with van der Waals surface area (Å²) in [4.78, 5) is 12.0. The predicted octanol–water partition coefficient (Wildman–Crippen LogP) is 4.27. The Morgan fingerprint density at radius 3 is 2.59 bits per heavy atom. The molecule has 0 saturated carbocycles. The van der Waals surface area contributed by atoms with Crippen molar-refractivity contribution in [3.05, 3.63) is 72.1 Å². The van der Waals surface area contributed by atoms with Gasteiger partial charge in [0.1, 0.15) is 10.9 Å². The van der Waals surface area contributed by atoms with Crippen LogP contribution in [-0.4, -0.2) is 46.9 Å². The summed E-state index contributed by atoms with van der Waals surface area (Å²) in [6.45, 7) is 4.25. The Balaban J connectivity index is 1.50. The van der Waals surface area contributed by atoms with Gasteiger partial charge in [0, 0.05) is 24.2 Å². The minimum atomic E-state index is 0.779. The Bertz CT molecular complexity index is 908. The molecule has 1 saturated heterocycles. The maximum atomic E-state index is 5.44. The number of hydrogen-bond donors (Lipinski definition) is 0. The molecule has 0 aliphatic carbocycles. The van der Waals surface area contributed by atoms with Crippen molar-refractivity contribution in [3.63, 3.8) is 0 Å². The van der Waals surface area contributed by atoms with Crippen molar-refractivity contribution in [1.29, 1.82) is 0 Å². The second kappa shape index (κ2) is 9.13. The number of hydrogen-bond acceptors (Lipinski definition) is 5. The summed E-state index contributed by atoms with van der Waals surface area (Å²) in [7, 11) is 0. The summed E-state index contributed by atoms with van der Waals surface area (Å²) in [6, 6.07) is 18.7. The molecule has 27 heavy (non-hydrogen) atoms. The molecule has 0 amide bonds. The van der Waals surface area contributed by atoms with Crippen LogP contribution in [0.25, 0.3) is 17.0 Å². The molecule has 2 aromatic carbocycles. The monoisotopic (exact) mass is 377 g/mol.